The minimum atomic E-state index is -0.970. The van der Waals surface area contributed by atoms with Gasteiger partial charge in [-0.1, -0.05) is 48.5 Å². The Hall–Kier alpha value is -3.99. The van der Waals surface area contributed by atoms with E-state index in [0.717, 1.165) is 28.0 Å². The predicted octanol–water partition coefficient (Wildman–Crippen LogP) is 5.94. The fraction of sp³-hybridized carbons (Fsp3) is 0.0769. The summed E-state index contributed by atoms with van der Waals surface area (Å²) in [6.45, 7) is 2.53. The van der Waals surface area contributed by atoms with Crippen molar-refractivity contribution in [3.63, 3.8) is 0 Å². The van der Waals surface area contributed by atoms with Crippen LogP contribution < -0.4 is 0 Å². The maximum Gasteiger partial charge on any atom is 0.336 e. The van der Waals surface area contributed by atoms with Crippen LogP contribution in [0.3, 0.4) is 0 Å². The smallest absolute Gasteiger partial charge is 0.336 e. The Kier molecular flexibility index (Phi) is 5.76. The number of nitrogens with zero attached hydrogens (tertiary/aromatic N) is 2. The normalized spacial score (nSPS) is 11.5. The van der Waals surface area contributed by atoms with Gasteiger partial charge in [-0.2, -0.15) is 0 Å². The molecule has 0 amide bonds. The molecule has 0 aliphatic heterocycles. The van der Waals surface area contributed by atoms with Gasteiger partial charge in [-0.3, -0.25) is 0 Å². The minimum Gasteiger partial charge on any atom is -0.478 e. The predicted molar refractivity (Wildman–Crippen MR) is 120 cm³/mol. The molecule has 0 bridgehead atoms. The summed E-state index contributed by atoms with van der Waals surface area (Å²) in [6, 6.07) is 21.1. The topological polar surface area (TPSA) is 55.1 Å². The van der Waals surface area contributed by atoms with E-state index in [1.165, 1.54) is 12.1 Å². The van der Waals surface area contributed by atoms with Crippen LogP contribution in [0.15, 0.2) is 85.3 Å². The van der Waals surface area contributed by atoms with Crippen LogP contribution in [0.4, 0.5) is 4.39 Å². The first-order valence-electron chi connectivity index (χ1n) is 9.87. The molecule has 1 N–H and O–H groups in total. The van der Waals surface area contributed by atoms with Gasteiger partial charge >= 0.3 is 5.97 Å². The van der Waals surface area contributed by atoms with Crippen molar-refractivity contribution in [1.29, 1.82) is 0 Å². The third-order valence-electron chi connectivity index (χ3n) is 5.18. The molecule has 0 fully saturated rings. The van der Waals surface area contributed by atoms with Crippen molar-refractivity contribution in [3.05, 3.63) is 114 Å². The van der Waals surface area contributed by atoms with E-state index in [2.05, 4.69) is 4.98 Å². The van der Waals surface area contributed by atoms with Gasteiger partial charge in [-0.15, -0.1) is 0 Å². The van der Waals surface area contributed by atoms with E-state index in [1.54, 1.807) is 36.8 Å². The number of carbonyl (C=O) groups is 1. The lowest BCUT2D eigenvalue weighted by Crippen LogP contribution is -2.02. The van der Waals surface area contributed by atoms with Crippen LogP contribution in [0, 0.1) is 12.7 Å². The first-order valence-corrected chi connectivity index (χ1v) is 9.87. The van der Waals surface area contributed by atoms with Crippen LogP contribution in [-0.4, -0.2) is 20.6 Å². The molecule has 0 aliphatic rings. The molecular formula is C26H21FN2O2. The number of hydrogen-bond donors (Lipinski definition) is 1. The molecule has 0 aliphatic carbocycles. The molecule has 0 atom stereocenters. The second-order valence-electron chi connectivity index (χ2n) is 7.32. The first-order chi connectivity index (χ1) is 15.0. The van der Waals surface area contributed by atoms with Crippen molar-refractivity contribution < 1.29 is 14.3 Å². The van der Waals surface area contributed by atoms with Gasteiger partial charge in [-0.25, -0.2) is 14.2 Å². The van der Waals surface area contributed by atoms with E-state index in [0.29, 0.717) is 12.1 Å². The molecule has 3 aromatic carbocycles. The summed E-state index contributed by atoms with van der Waals surface area (Å²) in [5, 5.41) is 9.64. The molecule has 4 rings (SSSR count). The third kappa shape index (κ3) is 4.61. The Labute approximate surface area is 179 Å². The van der Waals surface area contributed by atoms with E-state index in [4.69, 9.17) is 0 Å². The number of aromatic nitrogens is 2. The first kappa shape index (κ1) is 20.3. The van der Waals surface area contributed by atoms with Crippen molar-refractivity contribution in [1.82, 2.24) is 9.55 Å². The van der Waals surface area contributed by atoms with E-state index in [1.807, 2.05) is 54.0 Å². The molecule has 0 saturated heterocycles. The molecule has 0 saturated carbocycles. The van der Waals surface area contributed by atoms with E-state index in [-0.39, 0.29) is 11.4 Å². The average molecular weight is 412 g/mol. The molecular weight excluding hydrogens is 391 g/mol. The van der Waals surface area contributed by atoms with E-state index in [9.17, 15) is 14.3 Å². The Morgan fingerprint density at radius 2 is 1.81 bits per heavy atom. The van der Waals surface area contributed by atoms with Crippen LogP contribution in [0.2, 0.25) is 0 Å². The van der Waals surface area contributed by atoms with Gasteiger partial charge in [0.15, 0.2) is 0 Å². The van der Waals surface area contributed by atoms with Crippen LogP contribution in [-0.2, 0) is 6.54 Å². The average Bonchev–Trinajstić information content (AvgIpc) is 3.18. The highest BCUT2D eigenvalue weighted by Gasteiger charge is 2.13. The summed E-state index contributed by atoms with van der Waals surface area (Å²) < 4.78 is 15.5. The number of aromatic carboxylic acids is 1. The Morgan fingerprint density at radius 3 is 2.45 bits per heavy atom. The molecule has 1 heterocycles. The van der Waals surface area contributed by atoms with E-state index < -0.39 is 5.97 Å². The lowest BCUT2D eigenvalue weighted by atomic mass is 9.95. The molecule has 4 nitrogen and oxygen atoms in total. The Bertz CT molecular complexity index is 1240. The lowest BCUT2D eigenvalue weighted by Gasteiger charge is -2.13. The zero-order chi connectivity index (χ0) is 21.8. The fourth-order valence-electron chi connectivity index (χ4n) is 3.52. The SMILES string of the molecule is Cc1cncn1C/C(=C\c1ccc(C(=O)O)c(-c2ccccc2)c1)c1ccc(F)cc1. The molecule has 5 heteroatoms. The van der Waals surface area contributed by atoms with E-state index >= 15 is 0 Å². The summed E-state index contributed by atoms with van der Waals surface area (Å²) in [5.74, 6) is -1.26. The molecule has 0 radical (unpaired) electrons. The fourth-order valence-corrected chi connectivity index (χ4v) is 3.52. The van der Waals surface area contributed by atoms with Crippen LogP contribution in [0.1, 0.15) is 27.2 Å². The minimum absolute atomic E-state index is 0.247. The van der Waals surface area contributed by atoms with Crippen molar-refractivity contribution in [3.8, 4) is 11.1 Å². The molecule has 0 spiro atoms. The second kappa shape index (κ2) is 8.79. The number of benzene rings is 3. The summed E-state index contributed by atoms with van der Waals surface area (Å²) in [6.07, 6.45) is 5.55. The lowest BCUT2D eigenvalue weighted by molar-refractivity contribution is 0.0697. The number of halogens is 1. The highest BCUT2D eigenvalue weighted by atomic mass is 19.1. The Balaban J connectivity index is 1.82. The van der Waals surface area contributed by atoms with Crippen LogP contribution >= 0.6 is 0 Å². The molecule has 4 aromatic rings. The number of imidazole rings is 1. The maximum absolute atomic E-state index is 13.5. The third-order valence-corrected chi connectivity index (χ3v) is 5.18. The highest BCUT2D eigenvalue weighted by molar-refractivity contribution is 5.97. The number of aryl methyl sites for hydroxylation is 1. The van der Waals surface area contributed by atoms with Crippen LogP contribution in [0.5, 0.6) is 0 Å². The van der Waals surface area contributed by atoms with Gasteiger partial charge in [0.25, 0.3) is 0 Å². The standard InChI is InChI=1S/C26H21FN2O2/c1-18-15-28-17-29(18)16-22(20-8-10-23(27)11-9-20)13-19-7-12-24(26(30)31)25(14-19)21-5-3-2-4-6-21/h2-15,17H,16H2,1H3,(H,30,31)/b22-13+. The number of carboxylic acid groups (broad SMARTS) is 1. The highest BCUT2D eigenvalue weighted by Crippen LogP contribution is 2.28. The number of carboxylic acids is 1. The molecule has 0 unspecified atom stereocenters. The van der Waals surface area contributed by atoms with Gasteiger partial charge in [0.2, 0.25) is 0 Å². The molecule has 1 aromatic heterocycles. The number of allylic oxidation sites excluding steroid dienone is 1. The number of rotatable bonds is 6. The zero-order valence-electron chi connectivity index (χ0n) is 17.0. The van der Waals surface area contributed by atoms with Crippen molar-refractivity contribution in [2.75, 3.05) is 0 Å². The van der Waals surface area contributed by atoms with Gasteiger partial charge in [0.1, 0.15) is 5.82 Å². The van der Waals surface area contributed by atoms with Crippen LogP contribution in [0.25, 0.3) is 22.8 Å². The summed E-state index contributed by atoms with van der Waals surface area (Å²) in [4.78, 5) is 16.0. The number of hydrogen-bond acceptors (Lipinski definition) is 2. The van der Waals surface area contributed by atoms with Gasteiger partial charge in [0.05, 0.1) is 11.9 Å². The van der Waals surface area contributed by atoms with Crippen molar-refractivity contribution in [2.24, 2.45) is 0 Å². The summed E-state index contributed by atoms with van der Waals surface area (Å²) >= 11 is 0. The van der Waals surface area contributed by atoms with Gasteiger partial charge < -0.3 is 9.67 Å². The zero-order valence-corrected chi connectivity index (χ0v) is 17.0. The van der Waals surface area contributed by atoms with Crippen molar-refractivity contribution >= 4 is 17.6 Å². The quantitative estimate of drug-likeness (QED) is 0.399. The largest absolute Gasteiger partial charge is 0.478 e. The maximum atomic E-state index is 13.5. The molecule has 31 heavy (non-hydrogen) atoms. The van der Waals surface area contributed by atoms with Gasteiger partial charge in [-0.05, 0) is 65.1 Å². The van der Waals surface area contributed by atoms with Crippen molar-refractivity contribution in [2.45, 2.75) is 13.5 Å². The molecule has 154 valence electrons. The summed E-state index contributed by atoms with van der Waals surface area (Å²) in [5.41, 5.74) is 5.46. The second-order valence-corrected chi connectivity index (χ2v) is 7.32. The Morgan fingerprint density at radius 1 is 1.06 bits per heavy atom. The monoisotopic (exact) mass is 412 g/mol. The summed E-state index contributed by atoms with van der Waals surface area (Å²) in [7, 11) is 0. The van der Waals surface area contributed by atoms with Gasteiger partial charge in [0, 0.05) is 18.4 Å².